The maximum atomic E-state index is 5.70. The van der Waals surface area contributed by atoms with Crippen LogP contribution >= 0.6 is 0 Å². The van der Waals surface area contributed by atoms with E-state index in [0.29, 0.717) is 12.0 Å². The minimum Gasteiger partial charge on any atom is -0.330 e. The lowest BCUT2D eigenvalue weighted by molar-refractivity contribution is 0.311. The summed E-state index contributed by atoms with van der Waals surface area (Å²) in [4.78, 5) is 2.46. The van der Waals surface area contributed by atoms with Crippen LogP contribution in [0.25, 0.3) is 0 Å². The third-order valence-electron chi connectivity index (χ3n) is 3.79. The molecule has 2 atom stereocenters. The molecule has 0 spiro atoms. The van der Waals surface area contributed by atoms with Crippen molar-refractivity contribution in [3.05, 3.63) is 18.0 Å². The molecule has 0 aliphatic carbocycles. The van der Waals surface area contributed by atoms with Crippen LogP contribution < -0.4 is 5.73 Å². The van der Waals surface area contributed by atoms with Gasteiger partial charge in [-0.05, 0) is 44.8 Å². The second-order valence-corrected chi connectivity index (χ2v) is 5.17. The molecule has 1 fully saturated rings. The van der Waals surface area contributed by atoms with Crippen molar-refractivity contribution in [2.75, 3.05) is 19.6 Å². The second-order valence-electron chi connectivity index (χ2n) is 5.17. The molecule has 0 radical (unpaired) electrons. The number of aromatic nitrogens is 2. The van der Waals surface area contributed by atoms with E-state index in [1.165, 1.54) is 12.1 Å². The van der Waals surface area contributed by atoms with Gasteiger partial charge in [0.2, 0.25) is 0 Å². The molecule has 1 aliphatic rings. The maximum Gasteiger partial charge on any atom is 0.0764 e. The molecule has 1 saturated heterocycles. The zero-order chi connectivity index (χ0) is 12.3. The Bertz CT molecular complexity index is 347. The molecule has 2 unspecified atom stereocenters. The number of hydrogen-bond donors (Lipinski definition) is 1. The van der Waals surface area contributed by atoms with Gasteiger partial charge in [-0.15, -0.1) is 0 Å². The minimum atomic E-state index is 0.499. The van der Waals surface area contributed by atoms with E-state index in [0.717, 1.165) is 32.6 Å². The van der Waals surface area contributed by atoms with Crippen LogP contribution in [0.4, 0.5) is 0 Å². The highest BCUT2D eigenvalue weighted by molar-refractivity contribution is 5.00. The van der Waals surface area contributed by atoms with Crippen LogP contribution in [0.5, 0.6) is 0 Å². The molecule has 2 N–H and O–H groups in total. The molecule has 1 aromatic heterocycles. The number of likely N-dealkylation sites (tertiary alicyclic amines) is 1. The summed E-state index contributed by atoms with van der Waals surface area (Å²) in [6, 6.07) is 2.64. The fraction of sp³-hybridized carbons (Fsp3) is 0.769. The van der Waals surface area contributed by atoms with Gasteiger partial charge in [0.1, 0.15) is 0 Å². The highest BCUT2D eigenvalue weighted by atomic mass is 15.3. The van der Waals surface area contributed by atoms with Crippen molar-refractivity contribution < 1.29 is 0 Å². The Kier molecular flexibility index (Phi) is 4.18. The van der Waals surface area contributed by atoms with Crippen molar-refractivity contribution in [3.8, 4) is 0 Å². The molecule has 2 rings (SSSR count). The van der Waals surface area contributed by atoms with Gasteiger partial charge in [-0.2, -0.15) is 5.10 Å². The van der Waals surface area contributed by atoms with Crippen LogP contribution in [0, 0.1) is 5.92 Å². The molecular weight excluding hydrogens is 212 g/mol. The molecule has 96 valence electrons. The zero-order valence-electron chi connectivity index (χ0n) is 11.0. The van der Waals surface area contributed by atoms with E-state index in [2.05, 4.69) is 40.8 Å². The Balaban J connectivity index is 1.89. The molecule has 0 saturated carbocycles. The van der Waals surface area contributed by atoms with Crippen LogP contribution in [0.1, 0.15) is 38.4 Å². The average Bonchev–Trinajstić information content (AvgIpc) is 2.97. The van der Waals surface area contributed by atoms with Crippen LogP contribution in [0.15, 0.2) is 12.3 Å². The Labute approximate surface area is 104 Å². The predicted molar refractivity (Wildman–Crippen MR) is 69.7 cm³/mol. The summed E-state index contributed by atoms with van der Waals surface area (Å²) in [5.74, 6) is 0.687. The first-order valence-corrected chi connectivity index (χ1v) is 6.69. The van der Waals surface area contributed by atoms with Crippen LogP contribution in [0.2, 0.25) is 0 Å². The minimum absolute atomic E-state index is 0.499. The predicted octanol–water partition coefficient (Wildman–Crippen LogP) is 1.63. The van der Waals surface area contributed by atoms with E-state index in [1.54, 1.807) is 0 Å². The lowest BCUT2D eigenvalue weighted by Gasteiger charge is -2.14. The fourth-order valence-corrected chi connectivity index (χ4v) is 2.37. The molecule has 2 heterocycles. The molecule has 0 aromatic carbocycles. The summed E-state index contributed by atoms with van der Waals surface area (Å²) in [6.07, 6.45) is 4.46. The first kappa shape index (κ1) is 12.6. The van der Waals surface area contributed by atoms with Gasteiger partial charge in [0.05, 0.1) is 5.69 Å². The molecular formula is C13H24N4. The lowest BCUT2D eigenvalue weighted by atomic mass is 10.1. The van der Waals surface area contributed by atoms with Gasteiger partial charge < -0.3 is 5.73 Å². The number of rotatable bonds is 5. The van der Waals surface area contributed by atoms with Crippen molar-refractivity contribution in [2.24, 2.45) is 11.7 Å². The van der Waals surface area contributed by atoms with Gasteiger partial charge in [-0.1, -0.05) is 6.92 Å². The fourth-order valence-electron chi connectivity index (χ4n) is 2.37. The molecule has 0 bridgehead atoms. The first-order valence-electron chi connectivity index (χ1n) is 6.69. The van der Waals surface area contributed by atoms with Crippen molar-refractivity contribution >= 4 is 0 Å². The van der Waals surface area contributed by atoms with E-state index in [9.17, 15) is 0 Å². The topological polar surface area (TPSA) is 47.1 Å². The van der Waals surface area contributed by atoms with E-state index >= 15 is 0 Å². The highest BCUT2D eigenvalue weighted by Crippen LogP contribution is 2.17. The lowest BCUT2D eigenvalue weighted by Crippen LogP contribution is -2.23. The van der Waals surface area contributed by atoms with E-state index in [4.69, 9.17) is 5.73 Å². The Morgan fingerprint density at radius 3 is 3.06 bits per heavy atom. The van der Waals surface area contributed by atoms with E-state index < -0.39 is 0 Å². The van der Waals surface area contributed by atoms with E-state index in [1.807, 2.05) is 0 Å². The summed E-state index contributed by atoms with van der Waals surface area (Å²) in [5, 5.41) is 4.64. The van der Waals surface area contributed by atoms with Gasteiger partial charge >= 0.3 is 0 Å². The molecule has 0 amide bonds. The van der Waals surface area contributed by atoms with Crippen molar-refractivity contribution in [1.29, 1.82) is 0 Å². The Morgan fingerprint density at radius 1 is 1.59 bits per heavy atom. The number of nitrogens with two attached hydrogens (primary N) is 1. The Morgan fingerprint density at radius 2 is 2.41 bits per heavy atom. The Hall–Kier alpha value is -0.870. The molecule has 1 aromatic rings. The second kappa shape index (κ2) is 5.65. The summed E-state index contributed by atoms with van der Waals surface area (Å²) < 4.78 is 2.08. The number of hydrogen-bond acceptors (Lipinski definition) is 3. The molecule has 1 aliphatic heterocycles. The van der Waals surface area contributed by atoms with E-state index in [-0.39, 0.29) is 0 Å². The summed E-state index contributed by atoms with van der Waals surface area (Å²) in [5.41, 5.74) is 6.89. The van der Waals surface area contributed by atoms with Crippen molar-refractivity contribution in [1.82, 2.24) is 14.7 Å². The SMILES string of the molecule is CCC(C)n1ccc(CN2CCC(CN)C2)n1. The average molecular weight is 236 g/mol. The summed E-state index contributed by atoms with van der Waals surface area (Å²) in [6.45, 7) is 8.48. The zero-order valence-corrected chi connectivity index (χ0v) is 11.0. The number of nitrogens with zero attached hydrogens (tertiary/aromatic N) is 3. The maximum absolute atomic E-state index is 5.70. The molecule has 4 nitrogen and oxygen atoms in total. The van der Waals surface area contributed by atoms with Crippen LogP contribution in [-0.4, -0.2) is 34.3 Å². The quantitative estimate of drug-likeness (QED) is 0.845. The monoisotopic (exact) mass is 236 g/mol. The van der Waals surface area contributed by atoms with Crippen molar-refractivity contribution in [3.63, 3.8) is 0 Å². The highest BCUT2D eigenvalue weighted by Gasteiger charge is 2.21. The third-order valence-corrected chi connectivity index (χ3v) is 3.79. The summed E-state index contributed by atoms with van der Waals surface area (Å²) in [7, 11) is 0. The molecule has 4 heteroatoms. The van der Waals surface area contributed by atoms with Crippen LogP contribution in [-0.2, 0) is 6.54 Å². The van der Waals surface area contributed by atoms with Gasteiger partial charge in [-0.25, -0.2) is 0 Å². The summed E-state index contributed by atoms with van der Waals surface area (Å²) >= 11 is 0. The standard InChI is InChI=1S/C13H24N4/c1-3-11(2)17-7-5-13(15-17)10-16-6-4-12(8-14)9-16/h5,7,11-12H,3-4,6,8-10,14H2,1-2H3. The molecule has 17 heavy (non-hydrogen) atoms. The third kappa shape index (κ3) is 3.07. The first-order chi connectivity index (χ1) is 8.22. The van der Waals surface area contributed by atoms with Gasteiger partial charge in [0.25, 0.3) is 0 Å². The van der Waals surface area contributed by atoms with Crippen molar-refractivity contribution in [2.45, 2.75) is 39.3 Å². The van der Waals surface area contributed by atoms with Crippen LogP contribution in [0.3, 0.4) is 0 Å². The van der Waals surface area contributed by atoms with Gasteiger partial charge in [0.15, 0.2) is 0 Å². The smallest absolute Gasteiger partial charge is 0.0764 e. The van der Waals surface area contributed by atoms with Gasteiger partial charge in [0, 0.05) is 25.3 Å². The normalized spacial score (nSPS) is 23.1. The van der Waals surface area contributed by atoms with Gasteiger partial charge in [-0.3, -0.25) is 9.58 Å². The largest absolute Gasteiger partial charge is 0.330 e.